The second-order valence-electron chi connectivity index (χ2n) is 13.6. The monoisotopic (exact) mass is 658 g/mol. The van der Waals surface area contributed by atoms with Crippen molar-refractivity contribution in [2.45, 2.75) is 0 Å². The van der Waals surface area contributed by atoms with Crippen LogP contribution in [0.1, 0.15) is 0 Å². The Hall–Kier alpha value is -6.76. The fourth-order valence-electron chi connectivity index (χ4n) is 8.36. The lowest BCUT2D eigenvalue weighted by Gasteiger charge is -2.20. The summed E-state index contributed by atoms with van der Waals surface area (Å²) >= 11 is 0. The minimum atomic E-state index is 1.20. The average molecular weight is 659 g/mol. The maximum Gasteiger partial charge on any atom is -0.00201 e. The van der Waals surface area contributed by atoms with Gasteiger partial charge in [-0.05, 0) is 111 Å². The first-order chi connectivity index (χ1) is 25.8. The maximum absolute atomic E-state index is 2.43. The van der Waals surface area contributed by atoms with Crippen LogP contribution in [0.25, 0.3) is 98.7 Å². The summed E-state index contributed by atoms with van der Waals surface area (Å²) in [5, 5.41) is 10.1. The van der Waals surface area contributed by atoms with Gasteiger partial charge in [-0.3, -0.25) is 0 Å². The van der Waals surface area contributed by atoms with E-state index in [1.54, 1.807) is 0 Å². The Labute approximate surface area is 303 Å². The molecule has 0 aliphatic carbocycles. The molecule has 0 unspecified atom stereocenters. The molecule has 242 valence electrons. The first-order valence-electron chi connectivity index (χ1n) is 18.0. The van der Waals surface area contributed by atoms with Gasteiger partial charge in [-0.2, -0.15) is 0 Å². The minimum Gasteiger partial charge on any atom is -0.0622 e. The molecule has 0 amide bonds. The van der Waals surface area contributed by atoms with E-state index in [2.05, 4.69) is 206 Å². The summed E-state index contributed by atoms with van der Waals surface area (Å²) in [5.74, 6) is 0. The van der Waals surface area contributed by atoms with Crippen LogP contribution in [0.4, 0.5) is 0 Å². The van der Waals surface area contributed by atoms with E-state index in [-0.39, 0.29) is 0 Å². The quantitative estimate of drug-likeness (QED) is 0.161. The lowest BCUT2D eigenvalue weighted by molar-refractivity contribution is 1.61. The molecule has 0 saturated heterocycles. The van der Waals surface area contributed by atoms with Gasteiger partial charge in [-0.15, -0.1) is 0 Å². The second kappa shape index (κ2) is 12.5. The molecule has 0 aromatic heterocycles. The zero-order valence-corrected chi connectivity index (χ0v) is 28.6. The average Bonchev–Trinajstić information content (AvgIpc) is 3.23. The lowest BCUT2D eigenvalue weighted by Crippen LogP contribution is -1.93. The lowest BCUT2D eigenvalue weighted by atomic mass is 9.83. The highest BCUT2D eigenvalue weighted by molar-refractivity contribution is 6.24. The molecule has 10 aromatic rings. The zero-order chi connectivity index (χ0) is 34.4. The topological polar surface area (TPSA) is 0 Å². The zero-order valence-electron chi connectivity index (χ0n) is 28.6. The third kappa shape index (κ3) is 4.92. The highest BCUT2D eigenvalue weighted by atomic mass is 14.2. The molecule has 0 atom stereocenters. The van der Waals surface area contributed by atoms with Crippen molar-refractivity contribution in [3.05, 3.63) is 206 Å². The first-order valence-corrected chi connectivity index (χ1v) is 18.0. The molecule has 0 nitrogen and oxygen atoms in total. The third-order valence-electron chi connectivity index (χ3n) is 10.6. The van der Waals surface area contributed by atoms with Crippen molar-refractivity contribution < 1.29 is 0 Å². The number of hydrogen-bond acceptors (Lipinski definition) is 0. The van der Waals surface area contributed by atoms with Gasteiger partial charge >= 0.3 is 0 Å². The van der Waals surface area contributed by atoms with Crippen molar-refractivity contribution in [2.24, 2.45) is 0 Å². The summed E-state index contributed by atoms with van der Waals surface area (Å²) < 4.78 is 0. The molecule has 0 aliphatic heterocycles. The molecular weight excluding hydrogens is 625 g/mol. The number of hydrogen-bond donors (Lipinski definition) is 0. The van der Waals surface area contributed by atoms with Crippen molar-refractivity contribution in [3.8, 4) is 55.6 Å². The molecule has 10 aromatic carbocycles. The van der Waals surface area contributed by atoms with Gasteiger partial charge in [-0.25, -0.2) is 0 Å². The van der Waals surface area contributed by atoms with Crippen molar-refractivity contribution in [1.82, 2.24) is 0 Å². The van der Waals surface area contributed by atoms with E-state index in [4.69, 9.17) is 0 Å². The van der Waals surface area contributed by atoms with E-state index in [0.29, 0.717) is 0 Å². The van der Waals surface area contributed by atoms with Crippen molar-refractivity contribution >= 4 is 43.1 Å². The van der Waals surface area contributed by atoms with E-state index < -0.39 is 0 Å². The Bertz CT molecular complexity index is 2700. The Morgan fingerprint density at radius 3 is 0.731 bits per heavy atom. The number of rotatable bonds is 5. The molecule has 0 spiro atoms. The molecule has 52 heavy (non-hydrogen) atoms. The fraction of sp³-hybridized carbons (Fsp3) is 0. The molecule has 10 rings (SSSR count). The number of fused-ring (bicyclic) bond motifs is 6. The van der Waals surface area contributed by atoms with Gasteiger partial charge in [0.05, 0.1) is 0 Å². The summed E-state index contributed by atoms with van der Waals surface area (Å²) in [4.78, 5) is 0. The summed E-state index contributed by atoms with van der Waals surface area (Å²) in [7, 11) is 0. The molecule has 0 heteroatoms. The van der Waals surface area contributed by atoms with Crippen molar-refractivity contribution in [2.75, 3.05) is 0 Å². The van der Waals surface area contributed by atoms with Crippen LogP contribution in [-0.4, -0.2) is 0 Å². The molecule has 0 N–H and O–H groups in total. The maximum atomic E-state index is 2.43. The van der Waals surface area contributed by atoms with Crippen LogP contribution in [0.2, 0.25) is 0 Å². The van der Waals surface area contributed by atoms with E-state index in [1.807, 2.05) is 0 Å². The molecular formula is C52H34. The van der Waals surface area contributed by atoms with E-state index in [0.717, 1.165) is 0 Å². The number of benzene rings is 10. The molecule has 0 heterocycles. The van der Waals surface area contributed by atoms with Gasteiger partial charge in [0, 0.05) is 0 Å². The molecule has 0 fully saturated rings. The van der Waals surface area contributed by atoms with Gasteiger partial charge < -0.3 is 0 Å². The van der Waals surface area contributed by atoms with Crippen molar-refractivity contribution in [3.63, 3.8) is 0 Å². The Morgan fingerprint density at radius 2 is 0.404 bits per heavy atom. The van der Waals surface area contributed by atoms with Crippen LogP contribution in [-0.2, 0) is 0 Å². The predicted molar refractivity (Wildman–Crippen MR) is 224 cm³/mol. The highest BCUT2D eigenvalue weighted by Gasteiger charge is 2.20. The third-order valence-corrected chi connectivity index (χ3v) is 10.6. The fourth-order valence-corrected chi connectivity index (χ4v) is 8.36. The SMILES string of the molecule is c1ccc(-c2c(-c3ccccc3)c3cc(-c4ccc5c(c4)c(-c4ccccc4)c(-c4ccccc4)c4ccccc45)ccc3c3ccccc23)cc1. The molecule has 0 radical (unpaired) electrons. The van der Waals surface area contributed by atoms with Gasteiger partial charge in [0.2, 0.25) is 0 Å². The summed E-state index contributed by atoms with van der Waals surface area (Å²) in [6.07, 6.45) is 0. The van der Waals surface area contributed by atoms with E-state index in [9.17, 15) is 0 Å². The second-order valence-corrected chi connectivity index (χ2v) is 13.6. The van der Waals surface area contributed by atoms with Gasteiger partial charge in [-0.1, -0.05) is 194 Å². The van der Waals surface area contributed by atoms with E-state index in [1.165, 1.54) is 98.7 Å². The largest absolute Gasteiger partial charge is 0.0622 e. The van der Waals surface area contributed by atoms with Gasteiger partial charge in [0.1, 0.15) is 0 Å². The first kappa shape index (κ1) is 30.1. The molecule has 0 aliphatic rings. The van der Waals surface area contributed by atoms with Crippen LogP contribution in [0.15, 0.2) is 206 Å². The summed E-state index contributed by atoms with van der Waals surface area (Å²) in [6.45, 7) is 0. The Balaban J connectivity index is 1.30. The standard InChI is InChI=1S/C52H34/c1-5-17-35(18-6-1)49-45-27-15-13-25-41(45)43-31-29-39(33-47(43)51(49)37-21-9-3-10-22-37)40-30-32-44-42-26-14-16-28-46(42)50(36-19-7-2-8-20-36)52(48(44)34-40)38-23-11-4-12-24-38/h1-34H. The van der Waals surface area contributed by atoms with Crippen LogP contribution >= 0.6 is 0 Å². The van der Waals surface area contributed by atoms with E-state index >= 15 is 0 Å². The smallest absolute Gasteiger partial charge is 0.00201 e. The van der Waals surface area contributed by atoms with Gasteiger partial charge in [0.15, 0.2) is 0 Å². The normalized spacial score (nSPS) is 11.5. The van der Waals surface area contributed by atoms with Crippen LogP contribution in [0, 0.1) is 0 Å². The Kier molecular flexibility index (Phi) is 7.25. The Morgan fingerprint density at radius 1 is 0.154 bits per heavy atom. The van der Waals surface area contributed by atoms with Crippen LogP contribution in [0.5, 0.6) is 0 Å². The summed E-state index contributed by atoms with van der Waals surface area (Å²) in [5.41, 5.74) is 12.4. The van der Waals surface area contributed by atoms with Crippen LogP contribution in [0.3, 0.4) is 0 Å². The molecule has 0 saturated carbocycles. The molecule has 0 bridgehead atoms. The summed E-state index contributed by atoms with van der Waals surface area (Å²) in [6, 6.07) is 75.5. The minimum absolute atomic E-state index is 1.20. The highest BCUT2D eigenvalue weighted by Crippen LogP contribution is 2.48. The predicted octanol–water partition coefficient (Wildman–Crippen LogP) is 14.6. The van der Waals surface area contributed by atoms with Crippen molar-refractivity contribution in [1.29, 1.82) is 0 Å². The van der Waals surface area contributed by atoms with Crippen LogP contribution < -0.4 is 0 Å². The van der Waals surface area contributed by atoms with Gasteiger partial charge in [0.25, 0.3) is 0 Å².